The maximum absolute atomic E-state index is 11.9. The molecule has 7 nitrogen and oxygen atoms in total. The van der Waals surface area contributed by atoms with E-state index in [1.54, 1.807) is 0 Å². The van der Waals surface area contributed by atoms with Gasteiger partial charge in [0, 0.05) is 11.6 Å². The van der Waals surface area contributed by atoms with Crippen molar-refractivity contribution in [1.29, 1.82) is 0 Å². The van der Waals surface area contributed by atoms with Crippen LogP contribution < -0.4 is 10.6 Å². The minimum absolute atomic E-state index is 0.0378. The van der Waals surface area contributed by atoms with E-state index in [2.05, 4.69) is 10.6 Å². The lowest BCUT2D eigenvalue weighted by atomic mass is 10.1. The molecule has 2 N–H and O–H groups in total. The molecule has 26 heavy (non-hydrogen) atoms. The summed E-state index contributed by atoms with van der Waals surface area (Å²) in [6, 6.07) is 7.58. The van der Waals surface area contributed by atoms with Gasteiger partial charge in [0.1, 0.15) is 0 Å². The van der Waals surface area contributed by atoms with E-state index < -0.39 is 0 Å². The lowest BCUT2D eigenvalue weighted by molar-refractivity contribution is -0.191. The lowest BCUT2D eigenvalue weighted by Crippen LogP contribution is -2.32. The van der Waals surface area contributed by atoms with Crippen LogP contribution in [0.3, 0.4) is 0 Å². The molecule has 0 unspecified atom stereocenters. The summed E-state index contributed by atoms with van der Waals surface area (Å²) in [5, 5.41) is 5.17. The molecule has 0 aliphatic heterocycles. The van der Waals surface area contributed by atoms with Gasteiger partial charge in [-0.05, 0) is 24.5 Å². The van der Waals surface area contributed by atoms with E-state index in [1.165, 1.54) is 0 Å². The van der Waals surface area contributed by atoms with Gasteiger partial charge < -0.3 is 10.6 Å². The van der Waals surface area contributed by atoms with Crippen molar-refractivity contribution >= 4 is 40.5 Å². The fourth-order valence-electron chi connectivity index (χ4n) is 1.85. The third kappa shape index (κ3) is 9.76. The second kappa shape index (κ2) is 13.8. The normalized spacial score (nSPS) is 10.6. The van der Waals surface area contributed by atoms with Crippen LogP contribution >= 0.6 is 11.8 Å². The van der Waals surface area contributed by atoms with Gasteiger partial charge in [0.25, 0.3) is 0 Å². The predicted molar refractivity (Wildman–Crippen MR) is 99.4 cm³/mol. The summed E-state index contributed by atoms with van der Waals surface area (Å²) < 4.78 is 0. The summed E-state index contributed by atoms with van der Waals surface area (Å²) in [5.41, 5.74) is 1.83. The van der Waals surface area contributed by atoms with E-state index in [0.29, 0.717) is 0 Å². The van der Waals surface area contributed by atoms with Crippen LogP contribution in [0.5, 0.6) is 0 Å². The Morgan fingerprint density at radius 3 is 2.35 bits per heavy atom. The fourth-order valence-corrected chi connectivity index (χ4v) is 2.39. The summed E-state index contributed by atoms with van der Waals surface area (Å²) in [6.45, 7) is 5.70. The standard InChI is InChI=1S/C17H24N2O3S.CO2/c1-4-12(3)17(22)18-10-16(21)23-11-15(20)19-14-9-7-6-8-13(14)5-2;2-1-3/h6-9,12H,4-5,10-11H2,1-3H3,(H,18,22)(H,19,20);/t12-;/m0./s1. The van der Waals surface area contributed by atoms with Gasteiger partial charge in [-0.15, -0.1) is 0 Å². The molecule has 2 amide bonds. The Labute approximate surface area is 157 Å². The van der Waals surface area contributed by atoms with Crippen molar-refractivity contribution in [3.63, 3.8) is 0 Å². The number of carbonyl (C=O) groups is 3. The molecule has 0 fully saturated rings. The van der Waals surface area contributed by atoms with E-state index in [-0.39, 0.29) is 41.3 Å². The van der Waals surface area contributed by atoms with Crippen molar-refractivity contribution in [2.24, 2.45) is 5.92 Å². The van der Waals surface area contributed by atoms with Crippen LogP contribution in [0.2, 0.25) is 0 Å². The number of para-hydroxylation sites is 1. The molecule has 1 aromatic rings. The van der Waals surface area contributed by atoms with Crippen LogP contribution in [0, 0.1) is 5.92 Å². The number of rotatable bonds is 8. The molecule has 142 valence electrons. The molecule has 0 saturated heterocycles. The molecule has 1 rings (SSSR count). The minimum atomic E-state index is -0.225. The highest BCUT2D eigenvalue weighted by molar-refractivity contribution is 8.14. The largest absolute Gasteiger partial charge is 0.373 e. The number of thioether (sulfide) groups is 1. The highest BCUT2D eigenvalue weighted by Crippen LogP contribution is 2.16. The third-order valence-electron chi connectivity index (χ3n) is 3.50. The third-order valence-corrected chi connectivity index (χ3v) is 4.38. The van der Waals surface area contributed by atoms with Crippen molar-refractivity contribution in [1.82, 2.24) is 5.32 Å². The van der Waals surface area contributed by atoms with Crippen LogP contribution in [0.1, 0.15) is 32.8 Å². The van der Waals surface area contributed by atoms with E-state index >= 15 is 0 Å². The molecular weight excluding hydrogens is 356 g/mol. The number of hydrogen-bond acceptors (Lipinski definition) is 6. The molecule has 8 heteroatoms. The Morgan fingerprint density at radius 1 is 1.15 bits per heavy atom. The van der Waals surface area contributed by atoms with E-state index in [1.807, 2.05) is 45.0 Å². The van der Waals surface area contributed by atoms with Crippen LogP contribution in [0.15, 0.2) is 24.3 Å². The summed E-state index contributed by atoms with van der Waals surface area (Å²) in [5.74, 6) is -0.433. The molecule has 0 spiro atoms. The van der Waals surface area contributed by atoms with Crippen LogP contribution in [-0.2, 0) is 30.4 Å². The molecule has 1 atom stereocenters. The number of nitrogens with one attached hydrogen (secondary N) is 2. The van der Waals surface area contributed by atoms with Gasteiger partial charge in [-0.25, -0.2) is 0 Å². The molecular formula is C18H24N2O5S. The first kappa shape index (κ1) is 23.6. The average molecular weight is 380 g/mol. The van der Waals surface area contributed by atoms with Crippen molar-refractivity contribution in [3.05, 3.63) is 29.8 Å². The highest BCUT2D eigenvalue weighted by atomic mass is 32.2. The second-order valence-corrected chi connectivity index (χ2v) is 6.36. The monoisotopic (exact) mass is 380 g/mol. The first-order valence-electron chi connectivity index (χ1n) is 8.19. The molecule has 0 radical (unpaired) electrons. The van der Waals surface area contributed by atoms with Crippen LogP contribution in [-0.4, -0.2) is 35.4 Å². The van der Waals surface area contributed by atoms with Crippen molar-refractivity contribution in [3.8, 4) is 0 Å². The maximum atomic E-state index is 11.9. The number of hydrogen-bond donors (Lipinski definition) is 2. The first-order chi connectivity index (χ1) is 12.4. The predicted octanol–water partition coefficient (Wildman–Crippen LogP) is 2.03. The van der Waals surface area contributed by atoms with Crippen molar-refractivity contribution in [2.75, 3.05) is 17.6 Å². The highest BCUT2D eigenvalue weighted by Gasteiger charge is 2.13. The number of anilines is 1. The van der Waals surface area contributed by atoms with Crippen molar-refractivity contribution in [2.45, 2.75) is 33.6 Å². The number of amides is 2. The lowest BCUT2D eigenvalue weighted by Gasteiger charge is -2.10. The van der Waals surface area contributed by atoms with E-state index in [4.69, 9.17) is 9.59 Å². The van der Waals surface area contributed by atoms with Gasteiger partial charge in [0.05, 0.1) is 12.3 Å². The Kier molecular flexibility index (Phi) is 12.5. The maximum Gasteiger partial charge on any atom is 0.373 e. The molecule has 0 saturated carbocycles. The summed E-state index contributed by atoms with van der Waals surface area (Å²) in [7, 11) is 0. The van der Waals surface area contributed by atoms with Gasteiger partial charge in [-0.2, -0.15) is 9.59 Å². The molecule has 0 heterocycles. The zero-order valence-electron chi connectivity index (χ0n) is 15.2. The topological polar surface area (TPSA) is 109 Å². The fraction of sp³-hybridized carbons (Fsp3) is 0.444. The zero-order chi connectivity index (χ0) is 19.9. The van der Waals surface area contributed by atoms with E-state index in [9.17, 15) is 14.4 Å². The molecule has 0 aliphatic rings. The van der Waals surface area contributed by atoms with Crippen molar-refractivity contribution < 1.29 is 24.0 Å². The molecule has 0 aromatic heterocycles. The van der Waals surface area contributed by atoms with Crippen LogP contribution in [0.25, 0.3) is 0 Å². The summed E-state index contributed by atoms with van der Waals surface area (Å²) >= 11 is 0.913. The summed E-state index contributed by atoms with van der Waals surface area (Å²) in [6.07, 6.45) is 1.80. The molecule has 0 aliphatic carbocycles. The van der Waals surface area contributed by atoms with Gasteiger partial charge in [-0.1, -0.05) is 50.7 Å². The Hall–Kier alpha value is -2.44. The number of aryl methyl sites for hydroxylation is 1. The SMILES string of the molecule is CCc1ccccc1NC(=O)CSC(=O)CNC(=O)[C@@H](C)CC.O=C=O. The average Bonchev–Trinajstić information content (AvgIpc) is 2.64. The number of benzene rings is 1. The van der Waals surface area contributed by atoms with Gasteiger partial charge in [0.2, 0.25) is 16.9 Å². The molecule has 1 aromatic carbocycles. The Morgan fingerprint density at radius 2 is 1.77 bits per heavy atom. The first-order valence-corrected chi connectivity index (χ1v) is 9.18. The molecule has 0 bridgehead atoms. The quantitative estimate of drug-likeness (QED) is 0.714. The van der Waals surface area contributed by atoms with E-state index in [0.717, 1.165) is 35.9 Å². The minimum Gasteiger partial charge on any atom is -0.348 e. The number of carbonyl (C=O) groups excluding carboxylic acids is 5. The smallest absolute Gasteiger partial charge is 0.348 e. The Bertz CT molecular complexity index is 642. The van der Waals surface area contributed by atoms with Gasteiger partial charge in [-0.3, -0.25) is 14.4 Å². The van der Waals surface area contributed by atoms with Gasteiger partial charge in [0.15, 0.2) is 0 Å². The van der Waals surface area contributed by atoms with Crippen LogP contribution in [0.4, 0.5) is 5.69 Å². The zero-order valence-corrected chi connectivity index (χ0v) is 16.0. The second-order valence-electron chi connectivity index (χ2n) is 5.33. The summed E-state index contributed by atoms with van der Waals surface area (Å²) in [4.78, 5) is 51.4. The Balaban J connectivity index is 0.00000194. The van der Waals surface area contributed by atoms with Gasteiger partial charge >= 0.3 is 6.15 Å².